The molecule has 1 unspecified atom stereocenters. The van der Waals surface area contributed by atoms with E-state index in [9.17, 15) is 4.79 Å². The van der Waals surface area contributed by atoms with Crippen LogP contribution in [-0.4, -0.2) is 23.5 Å². The lowest BCUT2D eigenvalue weighted by Crippen LogP contribution is -2.30. The fourth-order valence-corrected chi connectivity index (χ4v) is 3.18. The number of anilines is 1. The largest absolute Gasteiger partial charge is 0.398 e. The average molecular weight is 250 g/mol. The number of thioether (sulfide) groups is 1. The maximum Gasteiger partial charge on any atom is 0.253 e. The highest BCUT2D eigenvalue weighted by atomic mass is 32.2. The summed E-state index contributed by atoms with van der Waals surface area (Å²) in [7, 11) is 0. The van der Waals surface area contributed by atoms with E-state index < -0.39 is 0 Å². The number of aryl methyl sites for hydroxylation is 1. The number of carbonyl (C=O) groups is 1. The van der Waals surface area contributed by atoms with E-state index in [4.69, 9.17) is 5.73 Å². The van der Waals surface area contributed by atoms with Gasteiger partial charge in [0.2, 0.25) is 0 Å². The molecule has 17 heavy (non-hydrogen) atoms. The van der Waals surface area contributed by atoms with Gasteiger partial charge in [-0.15, -0.1) is 0 Å². The molecular formula is C13H18N2OS. The summed E-state index contributed by atoms with van der Waals surface area (Å²) < 4.78 is 0. The summed E-state index contributed by atoms with van der Waals surface area (Å²) in [6, 6.07) is 5.54. The van der Waals surface area contributed by atoms with Gasteiger partial charge in [0.25, 0.3) is 5.91 Å². The van der Waals surface area contributed by atoms with Crippen LogP contribution < -0.4 is 11.1 Å². The van der Waals surface area contributed by atoms with Crippen molar-refractivity contribution in [1.82, 2.24) is 5.32 Å². The van der Waals surface area contributed by atoms with Crippen molar-refractivity contribution >= 4 is 23.4 Å². The topological polar surface area (TPSA) is 55.1 Å². The highest BCUT2D eigenvalue weighted by Gasteiger charge is 2.17. The van der Waals surface area contributed by atoms with Gasteiger partial charge >= 0.3 is 0 Å². The molecule has 1 saturated heterocycles. The van der Waals surface area contributed by atoms with Gasteiger partial charge in [0.05, 0.1) is 5.56 Å². The Bertz CT molecular complexity index is 414. The SMILES string of the molecule is Cc1ccc(N)c(C(=O)NCC2CCCS2)c1. The molecule has 1 aromatic rings. The van der Waals surface area contributed by atoms with E-state index in [-0.39, 0.29) is 5.91 Å². The van der Waals surface area contributed by atoms with Gasteiger partial charge < -0.3 is 11.1 Å². The third kappa shape index (κ3) is 3.16. The summed E-state index contributed by atoms with van der Waals surface area (Å²) in [5.74, 6) is 1.16. The van der Waals surface area contributed by atoms with Crippen LogP contribution in [0.5, 0.6) is 0 Å². The van der Waals surface area contributed by atoms with Crippen LogP contribution in [0.4, 0.5) is 5.69 Å². The lowest BCUT2D eigenvalue weighted by molar-refractivity contribution is 0.0954. The Kier molecular flexibility index (Phi) is 3.94. The molecule has 4 heteroatoms. The number of benzene rings is 1. The van der Waals surface area contributed by atoms with E-state index in [2.05, 4.69) is 5.32 Å². The second-order valence-electron chi connectivity index (χ2n) is 4.44. The minimum absolute atomic E-state index is 0.0568. The van der Waals surface area contributed by atoms with Gasteiger partial charge in [0.1, 0.15) is 0 Å². The Balaban J connectivity index is 1.96. The average Bonchev–Trinajstić information content (AvgIpc) is 2.82. The van der Waals surface area contributed by atoms with E-state index in [1.807, 2.05) is 30.8 Å². The predicted octanol–water partition coefficient (Wildman–Crippen LogP) is 2.20. The normalized spacial score (nSPS) is 19.2. The van der Waals surface area contributed by atoms with Gasteiger partial charge in [-0.2, -0.15) is 11.8 Å². The van der Waals surface area contributed by atoms with Crippen LogP contribution in [0.1, 0.15) is 28.8 Å². The molecule has 2 rings (SSSR count). The van der Waals surface area contributed by atoms with Gasteiger partial charge in [0, 0.05) is 17.5 Å². The highest BCUT2D eigenvalue weighted by molar-refractivity contribution is 8.00. The van der Waals surface area contributed by atoms with Crippen molar-refractivity contribution < 1.29 is 4.79 Å². The van der Waals surface area contributed by atoms with Gasteiger partial charge in [-0.1, -0.05) is 11.6 Å². The lowest BCUT2D eigenvalue weighted by atomic mass is 10.1. The molecule has 3 N–H and O–H groups in total. The molecule has 1 heterocycles. The number of hydrogen-bond acceptors (Lipinski definition) is 3. The van der Waals surface area contributed by atoms with Gasteiger partial charge in [0.15, 0.2) is 0 Å². The Morgan fingerprint density at radius 1 is 1.59 bits per heavy atom. The van der Waals surface area contributed by atoms with Crippen molar-refractivity contribution in [2.45, 2.75) is 25.0 Å². The minimum Gasteiger partial charge on any atom is -0.398 e. The van der Waals surface area contributed by atoms with Crippen molar-refractivity contribution in [3.05, 3.63) is 29.3 Å². The Morgan fingerprint density at radius 2 is 2.41 bits per heavy atom. The van der Waals surface area contributed by atoms with Crippen LogP contribution in [0.15, 0.2) is 18.2 Å². The maximum absolute atomic E-state index is 12.0. The first-order valence-electron chi connectivity index (χ1n) is 5.93. The van der Waals surface area contributed by atoms with Crippen LogP contribution in [0.2, 0.25) is 0 Å². The number of amides is 1. The molecule has 0 aliphatic carbocycles. The zero-order valence-electron chi connectivity index (χ0n) is 10.0. The second-order valence-corrected chi connectivity index (χ2v) is 5.84. The first-order valence-corrected chi connectivity index (χ1v) is 6.97. The maximum atomic E-state index is 12.0. The smallest absolute Gasteiger partial charge is 0.253 e. The Morgan fingerprint density at radius 3 is 3.12 bits per heavy atom. The summed E-state index contributed by atoms with van der Waals surface area (Å²) in [6.07, 6.45) is 2.46. The summed E-state index contributed by atoms with van der Waals surface area (Å²) >= 11 is 1.94. The van der Waals surface area contributed by atoms with Crippen molar-refractivity contribution in [2.24, 2.45) is 0 Å². The molecule has 0 spiro atoms. The first-order chi connectivity index (χ1) is 8.16. The molecule has 92 valence electrons. The molecule has 1 aromatic carbocycles. The number of nitrogen functional groups attached to an aromatic ring is 1. The molecule has 0 aromatic heterocycles. The van der Waals surface area contributed by atoms with Gasteiger partial charge in [-0.3, -0.25) is 4.79 Å². The second kappa shape index (κ2) is 5.45. The van der Waals surface area contributed by atoms with Gasteiger partial charge in [-0.25, -0.2) is 0 Å². The molecule has 1 fully saturated rings. The molecule has 1 atom stereocenters. The fourth-order valence-electron chi connectivity index (χ4n) is 1.97. The van der Waals surface area contributed by atoms with Crippen molar-refractivity contribution in [1.29, 1.82) is 0 Å². The van der Waals surface area contributed by atoms with E-state index in [0.717, 1.165) is 12.1 Å². The Labute approximate surface area is 106 Å². The third-order valence-electron chi connectivity index (χ3n) is 2.97. The number of hydrogen-bond donors (Lipinski definition) is 2. The monoisotopic (exact) mass is 250 g/mol. The zero-order chi connectivity index (χ0) is 12.3. The number of carbonyl (C=O) groups excluding carboxylic acids is 1. The number of rotatable bonds is 3. The first kappa shape index (κ1) is 12.3. The quantitative estimate of drug-likeness (QED) is 0.809. The van der Waals surface area contributed by atoms with Crippen molar-refractivity contribution in [2.75, 3.05) is 18.0 Å². The molecule has 0 radical (unpaired) electrons. The molecule has 3 nitrogen and oxygen atoms in total. The highest BCUT2D eigenvalue weighted by Crippen LogP contribution is 2.25. The molecule has 1 amide bonds. The standard InChI is InChI=1S/C13H18N2OS/c1-9-4-5-12(14)11(7-9)13(16)15-8-10-3-2-6-17-10/h4-5,7,10H,2-3,6,8,14H2,1H3,(H,15,16). The zero-order valence-corrected chi connectivity index (χ0v) is 10.8. The lowest BCUT2D eigenvalue weighted by Gasteiger charge is -2.11. The molecule has 1 aliphatic rings. The summed E-state index contributed by atoms with van der Waals surface area (Å²) in [5.41, 5.74) is 8.00. The van der Waals surface area contributed by atoms with Crippen molar-refractivity contribution in [3.8, 4) is 0 Å². The van der Waals surface area contributed by atoms with Crippen molar-refractivity contribution in [3.63, 3.8) is 0 Å². The van der Waals surface area contributed by atoms with E-state index in [1.54, 1.807) is 6.07 Å². The number of nitrogens with one attached hydrogen (secondary N) is 1. The molecule has 0 bridgehead atoms. The molecule has 1 aliphatic heterocycles. The van der Waals surface area contributed by atoms with E-state index >= 15 is 0 Å². The van der Waals surface area contributed by atoms with Crippen LogP contribution in [-0.2, 0) is 0 Å². The summed E-state index contributed by atoms with van der Waals surface area (Å²) in [5, 5.41) is 3.54. The van der Waals surface area contributed by atoms with E-state index in [0.29, 0.717) is 16.5 Å². The Hall–Kier alpha value is -1.16. The minimum atomic E-state index is -0.0568. The summed E-state index contributed by atoms with van der Waals surface area (Å²) in [6.45, 7) is 2.71. The fraction of sp³-hybridized carbons (Fsp3) is 0.462. The third-order valence-corrected chi connectivity index (χ3v) is 4.37. The molecular weight excluding hydrogens is 232 g/mol. The molecule has 0 saturated carbocycles. The van der Waals surface area contributed by atoms with Crippen LogP contribution >= 0.6 is 11.8 Å². The summed E-state index contributed by atoms with van der Waals surface area (Å²) in [4.78, 5) is 12.0. The van der Waals surface area contributed by atoms with Crippen LogP contribution in [0, 0.1) is 6.92 Å². The number of nitrogens with two attached hydrogens (primary N) is 1. The predicted molar refractivity (Wildman–Crippen MR) is 73.4 cm³/mol. The van der Waals surface area contributed by atoms with Crippen LogP contribution in [0.25, 0.3) is 0 Å². The van der Waals surface area contributed by atoms with Crippen LogP contribution in [0.3, 0.4) is 0 Å². The van der Waals surface area contributed by atoms with E-state index in [1.165, 1.54) is 18.6 Å². The van der Waals surface area contributed by atoms with Gasteiger partial charge in [-0.05, 0) is 37.7 Å².